The first-order valence-corrected chi connectivity index (χ1v) is 10.7. The van der Waals surface area contributed by atoms with Crippen LogP contribution in [0.5, 0.6) is 0 Å². The van der Waals surface area contributed by atoms with Crippen LogP contribution >= 0.6 is 0 Å². The number of nitrogens with zero attached hydrogens (tertiary/aromatic N) is 2. The van der Waals surface area contributed by atoms with Crippen molar-refractivity contribution in [3.8, 4) is 0 Å². The van der Waals surface area contributed by atoms with E-state index in [9.17, 15) is 9.59 Å². The second-order valence-corrected chi connectivity index (χ2v) is 8.70. The van der Waals surface area contributed by atoms with Gasteiger partial charge in [-0.15, -0.1) is 0 Å². The average Bonchev–Trinajstić information content (AvgIpc) is 2.94. The number of benzene rings is 1. The van der Waals surface area contributed by atoms with Crippen LogP contribution in [-0.4, -0.2) is 59.5 Å². The number of amides is 1. The molecule has 1 heterocycles. The summed E-state index contributed by atoms with van der Waals surface area (Å²) in [6, 6.07) is 8.74. The number of hydrogen-bond donors (Lipinski definition) is 1. The van der Waals surface area contributed by atoms with Gasteiger partial charge in [-0.1, -0.05) is 49.1 Å². The fourth-order valence-corrected chi connectivity index (χ4v) is 5.09. The molecule has 1 aromatic carbocycles. The Hall–Kier alpha value is -1.88. The zero-order valence-corrected chi connectivity index (χ0v) is 17.3. The average molecular weight is 387 g/mol. The van der Waals surface area contributed by atoms with Crippen LogP contribution in [0.4, 0.5) is 0 Å². The lowest BCUT2D eigenvalue weighted by Crippen LogP contribution is -2.48. The lowest BCUT2D eigenvalue weighted by Gasteiger charge is -2.40. The molecule has 1 saturated heterocycles. The molecule has 3 rings (SSSR count). The Morgan fingerprint density at radius 1 is 1.14 bits per heavy atom. The van der Waals surface area contributed by atoms with Gasteiger partial charge in [0, 0.05) is 19.1 Å². The first-order chi connectivity index (χ1) is 13.4. The summed E-state index contributed by atoms with van der Waals surface area (Å²) in [4.78, 5) is 28.8. The normalized spacial score (nSPS) is 22.7. The van der Waals surface area contributed by atoms with Gasteiger partial charge in [-0.25, -0.2) is 0 Å². The number of rotatable bonds is 5. The highest BCUT2D eigenvalue weighted by atomic mass is 16.4. The van der Waals surface area contributed by atoms with Crippen LogP contribution < -0.4 is 0 Å². The highest BCUT2D eigenvalue weighted by Gasteiger charge is 2.43. The number of likely N-dealkylation sites (tertiary alicyclic amines) is 1. The van der Waals surface area contributed by atoms with Crippen LogP contribution in [0.1, 0.15) is 62.5 Å². The van der Waals surface area contributed by atoms with E-state index in [4.69, 9.17) is 5.11 Å². The van der Waals surface area contributed by atoms with E-state index in [1.165, 1.54) is 17.5 Å². The lowest BCUT2D eigenvalue weighted by molar-refractivity contribution is -0.140. The maximum absolute atomic E-state index is 13.8. The van der Waals surface area contributed by atoms with Crippen molar-refractivity contribution in [2.24, 2.45) is 0 Å². The Kier molecular flexibility index (Phi) is 6.76. The molecule has 0 spiro atoms. The summed E-state index contributed by atoms with van der Waals surface area (Å²) >= 11 is 0. The minimum absolute atomic E-state index is 0.0614. The molecule has 1 saturated carbocycles. The maximum atomic E-state index is 13.8. The maximum Gasteiger partial charge on any atom is 0.317 e. The minimum atomic E-state index is -0.791. The zero-order valence-electron chi connectivity index (χ0n) is 17.3. The molecule has 1 amide bonds. The van der Waals surface area contributed by atoms with Gasteiger partial charge in [0.25, 0.3) is 0 Å². The number of hydrogen-bond acceptors (Lipinski definition) is 3. The predicted octanol–water partition coefficient (Wildman–Crippen LogP) is 3.59. The molecule has 1 N–H and O–H groups in total. The van der Waals surface area contributed by atoms with Crippen LogP contribution in [0.2, 0.25) is 0 Å². The Bertz CT molecular complexity index is 697. The quantitative estimate of drug-likeness (QED) is 0.840. The van der Waals surface area contributed by atoms with Crippen LogP contribution in [0.25, 0.3) is 0 Å². The Morgan fingerprint density at radius 2 is 1.89 bits per heavy atom. The monoisotopic (exact) mass is 386 g/mol. The minimum Gasteiger partial charge on any atom is -0.480 e. The second-order valence-electron chi connectivity index (χ2n) is 8.70. The van der Waals surface area contributed by atoms with Gasteiger partial charge in [0.15, 0.2) is 0 Å². The number of carbonyl (C=O) groups is 2. The largest absolute Gasteiger partial charge is 0.480 e. The van der Waals surface area contributed by atoms with E-state index in [2.05, 4.69) is 36.1 Å². The van der Waals surface area contributed by atoms with Crippen LogP contribution in [0.15, 0.2) is 24.3 Å². The van der Waals surface area contributed by atoms with E-state index in [-0.39, 0.29) is 18.0 Å². The van der Waals surface area contributed by atoms with Gasteiger partial charge in [0.1, 0.15) is 0 Å². The SMILES string of the molecule is Cc1cccc(C2(C(=O)N3CCCC(N(C)CC(=O)O)CC3)CCCCC2)c1. The molecule has 1 unspecified atom stereocenters. The van der Waals surface area contributed by atoms with Crippen molar-refractivity contribution in [1.29, 1.82) is 0 Å². The molecule has 1 aliphatic heterocycles. The van der Waals surface area contributed by atoms with Crippen LogP contribution in [0.3, 0.4) is 0 Å². The lowest BCUT2D eigenvalue weighted by atomic mass is 9.68. The van der Waals surface area contributed by atoms with Crippen LogP contribution in [-0.2, 0) is 15.0 Å². The summed E-state index contributed by atoms with van der Waals surface area (Å²) in [5.74, 6) is -0.500. The molecule has 28 heavy (non-hydrogen) atoms. The first kappa shape index (κ1) is 20.8. The van der Waals surface area contributed by atoms with Gasteiger partial charge in [0.05, 0.1) is 12.0 Å². The molecule has 1 aromatic rings. The molecule has 0 aromatic heterocycles. The zero-order chi connectivity index (χ0) is 20.1. The summed E-state index contributed by atoms with van der Waals surface area (Å²) in [5, 5.41) is 9.07. The fraction of sp³-hybridized carbons (Fsp3) is 0.652. The summed E-state index contributed by atoms with van der Waals surface area (Å²) < 4.78 is 0. The molecule has 2 fully saturated rings. The second kappa shape index (κ2) is 9.08. The van der Waals surface area contributed by atoms with Crippen molar-refractivity contribution in [3.63, 3.8) is 0 Å². The summed E-state index contributed by atoms with van der Waals surface area (Å²) in [6.07, 6.45) is 8.04. The van der Waals surface area contributed by atoms with Gasteiger partial charge in [-0.3, -0.25) is 14.5 Å². The number of aliphatic carboxylic acids is 1. The summed E-state index contributed by atoms with van der Waals surface area (Å²) in [5.41, 5.74) is 2.01. The smallest absolute Gasteiger partial charge is 0.317 e. The Labute approximate surface area is 168 Å². The van der Waals surface area contributed by atoms with Gasteiger partial charge in [0.2, 0.25) is 5.91 Å². The highest BCUT2D eigenvalue weighted by molar-refractivity contribution is 5.88. The molecular weight excluding hydrogens is 352 g/mol. The molecule has 1 aliphatic carbocycles. The van der Waals surface area contributed by atoms with Gasteiger partial charge in [-0.05, 0) is 51.6 Å². The molecule has 154 valence electrons. The highest BCUT2D eigenvalue weighted by Crippen LogP contribution is 2.41. The number of carboxylic acids is 1. The molecule has 0 radical (unpaired) electrons. The van der Waals surface area contributed by atoms with E-state index in [1.807, 2.05) is 11.9 Å². The van der Waals surface area contributed by atoms with Gasteiger partial charge < -0.3 is 10.0 Å². The third-order valence-electron chi connectivity index (χ3n) is 6.68. The fourth-order valence-electron chi connectivity index (χ4n) is 5.09. The van der Waals surface area contributed by atoms with Crippen molar-refractivity contribution < 1.29 is 14.7 Å². The molecule has 5 nitrogen and oxygen atoms in total. The third-order valence-corrected chi connectivity index (χ3v) is 6.68. The van der Waals surface area contributed by atoms with Crippen molar-refractivity contribution in [3.05, 3.63) is 35.4 Å². The summed E-state index contributed by atoms with van der Waals surface area (Å²) in [7, 11) is 1.88. The van der Waals surface area contributed by atoms with Crippen molar-refractivity contribution in [2.45, 2.75) is 69.7 Å². The topological polar surface area (TPSA) is 60.9 Å². The Balaban J connectivity index is 1.77. The number of aryl methyl sites for hydroxylation is 1. The van der Waals surface area contributed by atoms with Crippen molar-refractivity contribution in [2.75, 3.05) is 26.7 Å². The molecule has 2 aliphatic rings. The van der Waals surface area contributed by atoms with E-state index in [1.54, 1.807) is 0 Å². The van der Waals surface area contributed by atoms with Crippen molar-refractivity contribution in [1.82, 2.24) is 9.80 Å². The molecular formula is C23H34N2O3. The number of carboxylic acid groups (broad SMARTS) is 1. The van der Waals surface area contributed by atoms with Gasteiger partial charge >= 0.3 is 5.97 Å². The molecule has 0 bridgehead atoms. The standard InChI is InChI=1S/C23H34N2O3/c1-18-8-6-9-19(16-18)23(12-4-3-5-13-23)22(28)25-14-7-10-20(11-15-25)24(2)17-21(26)27/h6,8-9,16,20H,3-5,7,10-15,17H2,1-2H3,(H,26,27). The number of likely N-dealkylation sites (N-methyl/N-ethyl adjacent to an activating group) is 1. The number of carbonyl (C=O) groups excluding carboxylic acids is 1. The van der Waals surface area contributed by atoms with E-state index >= 15 is 0 Å². The van der Waals surface area contributed by atoms with Crippen molar-refractivity contribution >= 4 is 11.9 Å². The molecule has 1 atom stereocenters. The van der Waals surface area contributed by atoms with E-state index in [0.29, 0.717) is 5.91 Å². The van der Waals surface area contributed by atoms with E-state index in [0.717, 1.165) is 58.0 Å². The predicted molar refractivity (Wildman–Crippen MR) is 110 cm³/mol. The van der Waals surface area contributed by atoms with E-state index < -0.39 is 5.97 Å². The first-order valence-electron chi connectivity index (χ1n) is 10.7. The Morgan fingerprint density at radius 3 is 2.57 bits per heavy atom. The third kappa shape index (κ3) is 4.57. The van der Waals surface area contributed by atoms with Crippen LogP contribution in [0, 0.1) is 6.92 Å². The molecule has 5 heteroatoms. The van der Waals surface area contributed by atoms with Gasteiger partial charge in [-0.2, -0.15) is 0 Å². The summed E-state index contributed by atoms with van der Waals surface area (Å²) in [6.45, 7) is 3.66.